The molecule has 1 heterocycles. The molecule has 4 rings (SSSR count). The van der Waals surface area contributed by atoms with Crippen LogP contribution in [0.25, 0.3) is 0 Å². The Labute approximate surface area is 175 Å². The molecule has 0 unspecified atom stereocenters. The summed E-state index contributed by atoms with van der Waals surface area (Å²) < 4.78 is 0. The molecule has 0 spiro atoms. The van der Waals surface area contributed by atoms with Crippen molar-refractivity contribution in [1.82, 2.24) is 9.80 Å². The van der Waals surface area contributed by atoms with Gasteiger partial charge in [-0.05, 0) is 55.3 Å². The lowest BCUT2D eigenvalue weighted by Crippen LogP contribution is -2.56. The van der Waals surface area contributed by atoms with Gasteiger partial charge in [0.1, 0.15) is 0 Å². The number of hydrogen-bond acceptors (Lipinski definition) is 2. The molecule has 2 bridgehead atoms. The molecule has 2 heteroatoms. The first-order valence-corrected chi connectivity index (χ1v) is 13.0. The highest BCUT2D eigenvalue weighted by atomic mass is 15.4. The highest BCUT2D eigenvalue weighted by Crippen LogP contribution is 2.66. The molecule has 0 radical (unpaired) electrons. The third kappa shape index (κ3) is 4.07. The van der Waals surface area contributed by atoms with Crippen molar-refractivity contribution in [2.45, 2.75) is 129 Å². The monoisotopic (exact) mass is 388 g/mol. The second-order valence-electron chi connectivity index (χ2n) is 11.7. The van der Waals surface area contributed by atoms with E-state index in [-0.39, 0.29) is 0 Å². The van der Waals surface area contributed by atoms with Crippen molar-refractivity contribution in [3.05, 3.63) is 0 Å². The molecule has 4 aliphatic rings. The Kier molecular flexibility index (Phi) is 6.77. The van der Waals surface area contributed by atoms with Gasteiger partial charge in [0.15, 0.2) is 0 Å². The van der Waals surface area contributed by atoms with Crippen LogP contribution in [0.3, 0.4) is 0 Å². The summed E-state index contributed by atoms with van der Waals surface area (Å²) in [6.07, 6.45) is 22.1. The zero-order valence-corrected chi connectivity index (χ0v) is 19.4. The molecule has 0 N–H and O–H groups in total. The van der Waals surface area contributed by atoms with E-state index in [0.717, 1.165) is 18.0 Å². The van der Waals surface area contributed by atoms with Crippen molar-refractivity contribution in [2.24, 2.45) is 16.7 Å². The van der Waals surface area contributed by atoms with Crippen molar-refractivity contribution >= 4 is 0 Å². The summed E-state index contributed by atoms with van der Waals surface area (Å²) in [5.41, 5.74) is 1.10. The van der Waals surface area contributed by atoms with E-state index in [0.29, 0.717) is 10.8 Å². The fourth-order valence-electron chi connectivity index (χ4n) is 7.62. The minimum Gasteiger partial charge on any atom is -0.287 e. The predicted octanol–water partition coefficient (Wildman–Crippen LogP) is 6.84. The molecule has 3 atom stereocenters. The molecule has 162 valence electrons. The van der Waals surface area contributed by atoms with Gasteiger partial charge in [-0.15, -0.1) is 0 Å². The van der Waals surface area contributed by atoms with Crippen molar-refractivity contribution in [3.63, 3.8) is 0 Å². The van der Waals surface area contributed by atoms with E-state index in [4.69, 9.17) is 0 Å². The summed E-state index contributed by atoms with van der Waals surface area (Å²) in [4.78, 5) is 5.87. The van der Waals surface area contributed by atoms with Gasteiger partial charge in [0.25, 0.3) is 0 Å². The summed E-state index contributed by atoms with van der Waals surface area (Å²) in [5, 5.41) is 0. The first kappa shape index (κ1) is 21.2. The number of nitrogens with zero attached hydrogens (tertiary/aromatic N) is 2. The van der Waals surface area contributed by atoms with Crippen LogP contribution >= 0.6 is 0 Å². The van der Waals surface area contributed by atoms with Crippen molar-refractivity contribution in [3.8, 4) is 0 Å². The van der Waals surface area contributed by atoms with Gasteiger partial charge in [0.2, 0.25) is 0 Å². The lowest BCUT2D eigenvalue weighted by atomic mass is 9.69. The van der Waals surface area contributed by atoms with Crippen LogP contribution in [0, 0.1) is 16.7 Å². The molecule has 0 amide bonds. The van der Waals surface area contributed by atoms with E-state index < -0.39 is 0 Å². The summed E-state index contributed by atoms with van der Waals surface area (Å²) in [5.74, 6) is 0.971. The SMILES string of the molecule is CC1(C)[C@@H]2CC[C@@]1(C)[C@@H](N1CCCN(C3CCCCCCCCCCC3)C1)C2. The van der Waals surface area contributed by atoms with Crippen molar-refractivity contribution in [1.29, 1.82) is 0 Å². The standard InChI is InChI=1S/C26H48N2/c1-25(2)22-16-17-26(25,3)24(20-22)28-19-13-18-27(21-28)23-14-11-9-7-5-4-6-8-10-12-15-23/h22-24H,4-21H2,1-3H3/t22-,24+,26+/m1/s1. The van der Waals surface area contributed by atoms with Crippen LogP contribution in [0.15, 0.2) is 0 Å². The lowest BCUT2D eigenvalue weighted by Gasteiger charge is -2.49. The Morgan fingerprint density at radius 1 is 0.643 bits per heavy atom. The predicted molar refractivity (Wildman–Crippen MR) is 120 cm³/mol. The molecule has 3 aliphatic carbocycles. The maximum atomic E-state index is 2.94. The summed E-state index contributed by atoms with van der Waals surface area (Å²) >= 11 is 0. The van der Waals surface area contributed by atoms with E-state index in [1.165, 1.54) is 116 Å². The third-order valence-electron chi connectivity index (χ3n) is 10.0. The summed E-state index contributed by atoms with van der Waals surface area (Å²) in [7, 11) is 0. The molecule has 0 aromatic carbocycles. The Bertz CT molecular complexity index is 489. The second kappa shape index (κ2) is 8.96. The lowest BCUT2D eigenvalue weighted by molar-refractivity contribution is -0.0306. The molecule has 28 heavy (non-hydrogen) atoms. The van der Waals surface area contributed by atoms with E-state index in [9.17, 15) is 0 Å². The van der Waals surface area contributed by atoms with Crippen LogP contribution in [0.4, 0.5) is 0 Å². The van der Waals surface area contributed by atoms with Gasteiger partial charge >= 0.3 is 0 Å². The molecule has 3 saturated carbocycles. The van der Waals surface area contributed by atoms with Crippen LogP contribution in [0.1, 0.15) is 117 Å². The molecule has 0 aromatic rings. The quantitative estimate of drug-likeness (QED) is 0.511. The number of hydrogen-bond donors (Lipinski definition) is 0. The molecule has 1 aliphatic heterocycles. The average molecular weight is 389 g/mol. The Balaban J connectivity index is 1.38. The highest BCUT2D eigenvalue weighted by Gasteiger charge is 2.62. The van der Waals surface area contributed by atoms with E-state index in [1.807, 2.05) is 0 Å². The van der Waals surface area contributed by atoms with E-state index >= 15 is 0 Å². The number of fused-ring (bicyclic) bond motifs is 2. The highest BCUT2D eigenvalue weighted by molar-refractivity contribution is 5.13. The van der Waals surface area contributed by atoms with Crippen molar-refractivity contribution in [2.75, 3.05) is 19.8 Å². The molecular formula is C26H48N2. The topological polar surface area (TPSA) is 6.48 Å². The van der Waals surface area contributed by atoms with Crippen LogP contribution in [0.2, 0.25) is 0 Å². The smallest absolute Gasteiger partial charge is 0.0511 e. The first-order valence-electron chi connectivity index (χ1n) is 13.0. The Morgan fingerprint density at radius 2 is 1.21 bits per heavy atom. The van der Waals surface area contributed by atoms with Gasteiger partial charge in [0.05, 0.1) is 6.67 Å². The normalized spacial score (nSPS) is 39.5. The summed E-state index contributed by atoms with van der Waals surface area (Å²) in [6.45, 7) is 11.8. The van der Waals surface area contributed by atoms with Crippen molar-refractivity contribution < 1.29 is 0 Å². The van der Waals surface area contributed by atoms with Gasteiger partial charge in [-0.3, -0.25) is 9.80 Å². The second-order valence-corrected chi connectivity index (χ2v) is 11.7. The van der Waals surface area contributed by atoms with Gasteiger partial charge in [-0.1, -0.05) is 78.6 Å². The summed E-state index contributed by atoms with van der Waals surface area (Å²) in [6, 6.07) is 1.71. The molecule has 1 saturated heterocycles. The van der Waals surface area contributed by atoms with Crippen LogP contribution in [-0.4, -0.2) is 41.6 Å². The largest absolute Gasteiger partial charge is 0.287 e. The molecule has 2 nitrogen and oxygen atoms in total. The first-order chi connectivity index (χ1) is 13.5. The van der Waals surface area contributed by atoms with Crippen LogP contribution < -0.4 is 0 Å². The minimum atomic E-state index is 0.549. The maximum absolute atomic E-state index is 2.94. The zero-order valence-electron chi connectivity index (χ0n) is 19.4. The molecule has 0 aromatic heterocycles. The zero-order chi connectivity index (χ0) is 19.6. The average Bonchev–Trinajstić information content (AvgIpc) is 3.02. The number of rotatable bonds is 2. The van der Waals surface area contributed by atoms with Gasteiger partial charge in [0, 0.05) is 25.2 Å². The van der Waals surface area contributed by atoms with Gasteiger partial charge in [-0.2, -0.15) is 0 Å². The van der Waals surface area contributed by atoms with E-state index in [1.54, 1.807) is 0 Å². The van der Waals surface area contributed by atoms with Crippen LogP contribution in [0.5, 0.6) is 0 Å². The fraction of sp³-hybridized carbons (Fsp3) is 1.00. The van der Waals surface area contributed by atoms with Gasteiger partial charge < -0.3 is 0 Å². The molecular weight excluding hydrogens is 340 g/mol. The molecule has 4 fully saturated rings. The third-order valence-corrected chi connectivity index (χ3v) is 10.0. The Hall–Kier alpha value is -0.0800. The minimum absolute atomic E-state index is 0.549. The van der Waals surface area contributed by atoms with Gasteiger partial charge in [-0.25, -0.2) is 0 Å². The fourth-order valence-corrected chi connectivity index (χ4v) is 7.62. The van der Waals surface area contributed by atoms with E-state index in [2.05, 4.69) is 30.6 Å². The maximum Gasteiger partial charge on any atom is 0.0511 e. The van der Waals surface area contributed by atoms with Crippen LogP contribution in [-0.2, 0) is 0 Å². The Morgan fingerprint density at radius 3 is 1.75 bits per heavy atom.